The molecule has 1 fully saturated rings. The summed E-state index contributed by atoms with van der Waals surface area (Å²) in [6, 6.07) is 10.1. The molecule has 1 unspecified atom stereocenters. The number of piperidine rings is 1. The minimum Gasteiger partial charge on any atom is -0.508 e. The predicted octanol–water partition coefficient (Wildman–Crippen LogP) is 2.64. The zero-order chi connectivity index (χ0) is 18.5. The molecule has 3 rings (SSSR count). The van der Waals surface area contributed by atoms with E-state index in [2.05, 4.69) is 5.32 Å². The van der Waals surface area contributed by atoms with Crippen molar-refractivity contribution in [1.82, 2.24) is 10.2 Å². The molecule has 1 aliphatic rings. The topological polar surface area (TPSA) is 78.9 Å². The number of nitrogens with one attached hydrogen (secondary N) is 1. The highest BCUT2D eigenvalue weighted by molar-refractivity contribution is 7.12. The minimum absolute atomic E-state index is 0.0474. The predicted molar refractivity (Wildman–Crippen MR) is 99.6 cm³/mol. The Labute approximate surface area is 156 Å². The summed E-state index contributed by atoms with van der Waals surface area (Å²) < 4.78 is 5.65. The maximum absolute atomic E-state index is 12.6. The van der Waals surface area contributed by atoms with Crippen LogP contribution in [0.5, 0.6) is 11.5 Å². The standard InChI is InChI=1S/C19H22N2O4S/c1-13(25-16-6-4-15(22)5-7-16)19(24)21-10-8-14(9-11-21)20-18(23)17-3-2-12-26-17/h2-7,12-14,22H,8-11H2,1H3,(H,20,23). The van der Waals surface area contributed by atoms with Crippen molar-refractivity contribution in [3.8, 4) is 11.5 Å². The Hall–Kier alpha value is -2.54. The lowest BCUT2D eigenvalue weighted by molar-refractivity contribution is -0.139. The average Bonchev–Trinajstić information content (AvgIpc) is 3.18. The van der Waals surface area contributed by atoms with Crippen LogP contribution >= 0.6 is 11.3 Å². The number of ether oxygens (including phenoxy) is 1. The summed E-state index contributed by atoms with van der Waals surface area (Å²) in [5.41, 5.74) is 0. The van der Waals surface area contributed by atoms with Gasteiger partial charge in [-0.05, 0) is 55.5 Å². The molecule has 2 heterocycles. The van der Waals surface area contributed by atoms with Crippen molar-refractivity contribution in [2.24, 2.45) is 0 Å². The maximum atomic E-state index is 12.6. The molecule has 2 N–H and O–H groups in total. The van der Waals surface area contributed by atoms with Crippen LogP contribution in [0.3, 0.4) is 0 Å². The molecule has 138 valence electrons. The first-order chi connectivity index (χ1) is 12.5. The molecule has 7 heteroatoms. The highest BCUT2D eigenvalue weighted by atomic mass is 32.1. The fraction of sp³-hybridized carbons (Fsp3) is 0.368. The van der Waals surface area contributed by atoms with Crippen molar-refractivity contribution in [3.05, 3.63) is 46.7 Å². The second-order valence-electron chi connectivity index (χ2n) is 6.30. The molecule has 2 amide bonds. The van der Waals surface area contributed by atoms with Crippen LogP contribution in [0, 0.1) is 0 Å². The molecule has 26 heavy (non-hydrogen) atoms. The van der Waals surface area contributed by atoms with E-state index in [1.54, 1.807) is 30.0 Å². The SMILES string of the molecule is CC(Oc1ccc(O)cc1)C(=O)N1CCC(NC(=O)c2cccs2)CC1. The van der Waals surface area contributed by atoms with Gasteiger partial charge in [-0.25, -0.2) is 0 Å². The quantitative estimate of drug-likeness (QED) is 0.843. The van der Waals surface area contributed by atoms with Gasteiger partial charge in [0.25, 0.3) is 11.8 Å². The first kappa shape index (κ1) is 18.3. The number of phenols is 1. The number of likely N-dealkylation sites (tertiary alicyclic amines) is 1. The van der Waals surface area contributed by atoms with Gasteiger partial charge in [0.1, 0.15) is 11.5 Å². The van der Waals surface area contributed by atoms with Gasteiger partial charge >= 0.3 is 0 Å². The van der Waals surface area contributed by atoms with Crippen LogP contribution in [0.4, 0.5) is 0 Å². The molecule has 1 saturated heterocycles. The number of nitrogens with zero attached hydrogens (tertiary/aromatic N) is 1. The minimum atomic E-state index is -0.600. The number of hydrogen-bond donors (Lipinski definition) is 2. The van der Waals surface area contributed by atoms with Crippen LogP contribution in [0.25, 0.3) is 0 Å². The molecule has 0 spiro atoms. The van der Waals surface area contributed by atoms with Crippen molar-refractivity contribution in [1.29, 1.82) is 0 Å². The maximum Gasteiger partial charge on any atom is 0.263 e. The second kappa shape index (κ2) is 8.23. The fourth-order valence-corrected chi connectivity index (χ4v) is 3.57. The lowest BCUT2D eigenvalue weighted by Gasteiger charge is -2.33. The summed E-state index contributed by atoms with van der Waals surface area (Å²) >= 11 is 1.42. The van der Waals surface area contributed by atoms with Crippen molar-refractivity contribution in [2.45, 2.75) is 31.9 Å². The summed E-state index contributed by atoms with van der Waals surface area (Å²) in [5, 5.41) is 14.2. The number of benzene rings is 1. The molecule has 0 aliphatic carbocycles. The molecular formula is C19H22N2O4S. The lowest BCUT2D eigenvalue weighted by atomic mass is 10.0. The van der Waals surface area contributed by atoms with E-state index in [9.17, 15) is 14.7 Å². The zero-order valence-corrected chi connectivity index (χ0v) is 15.4. The molecule has 1 atom stereocenters. The van der Waals surface area contributed by atoms with Crippen molar-refractivity contribution in [3.63, 3.8) is 0 Å². The summed E-state index contributed by atoms with van der Waals surface area (Å²) in [6.45, 7) is 2.91. The molecule has 2 aromatic rings. The van der Waals surface area contributed by atoms with Crippen LogP contribution in [-0.2, 0) is 4.79 Å². The van der Waals surface area contributed by atoms with E-state index in [0.29, 0.717) is 23.7 Å². The number of aromatic hydroxyl groups is 1. The number of amides is 2. The fourth-order valence-electron chi connectivity index (χ4n) is 2.94. The number of carbonyl (C=O) groups is 2. The molecule has 0 saturated carbocycles. The van der Waals surface area contributed by atoms with Gasteiger partial charge in [0, 0.05) is 19.1 Å². The summed E-state index contributed by atoms with van der Waals surface area (Å²) in [4.78, 5) is 27.1. The van der Waals surface area contributed by atoms with Gasteiger partial charge in [0.15, 0.2) is 6.10 Å². The molecule has 1 aromatic carbocycles. The molecule has 6 nitrogen and oxygen atoms in total. The number of carbonyl (C=O) groups excluding carboxylic acids is 2. The number of thiophene rings is 1. The largest absolute Gasteiger partial charge is 0.508 e. The third kappa shape index (κ3) is 4.54. The Morgan fingerprint density at radius 2 is 1.92 bits per heavy atom. The van der Waals surface area contributed by atoms with Crippen LogP contribution in [-0.4, -0.2) is 47.1 Å². The third-order valence-corrected chi connectivity index (χ3v) is 5.25. The van der Waals surface area contributed by atoms with Crippen LogP contribution in [0.1, 0.15) is 29.4 Å². The second-order valence-corrected chi connectivity index (χ2v) is 7.25. The van der Waals surface area contributed by atoms with E-state index in [1.165, 1.54) is 23.5 Å². The number of rotatable bonds is 5. The van der Waals surface area contributed by atoms with Crippen LogP contribution in [0.15, 0.2) is 41.8 Å². The summed E-state index contributed by atoms with van der Waals surface area (Å²) in [7, 11) is 0. The van der Waals surface area contributed by atoms with Crippen LogP contribution in [0.2, 0.25) is 0 Å². The normalized spacial score (nSPS) is 16.1. The molecule has 1 aromatic heterocycles. The van der Waals surface area contributed by atoms with Gasteiger partial charge in [-0.2, -0.15) is 0 Å². The van der Waals surface area contributed by atoms with E-state index < -0.39 is 6.10 Å². The smallest absolute Gasteiger partial charge is 0.263 e. The Kier molecular flexibility index (Phi) is 5.78. The molecular weight excluding hydrogens is 352 g/mol. The van der Waals surface area contributed by atoms with Crippen molar-refractivity contribution >= 4 is 23.2 Å². The van der Waals surface area contributed by atoms with E-state index in [1.807, 2.05) is 11.4 Å². The highest BCUT2D eigenvalue weighted by Crippen LogP contribution is 2.19. The van der Waals surface area contributed by atoms with E-state index >= 15 is 0 Å². The molecule has 0 radical (unpaired) electrons. The van der Waals surface area contributed by atoms with Gasteiger partial charge in [0.05, 0.1) is 4.88 Å². The van der Waals surface area contributed by atoms with Crippen molar-refractivity contribution in [2.75, 3.05) is 13.1 Å². The Morgan fingerprint density at radius 1 is 1.23 bits per heavy atom. The van der Waals surface area contributed by atoms with E-state index in [4.69, 9.17) is 4.74 Å². The Balaban J connectivity index is 1.47. The number of phenolic OH excluding ortho intramolecular Hbond substituents is 1. The van der Waals surface area contributed by atoms with Gasteiger partial charge in [-0.15, -0.1) is 11.3 Å². The first-order valence-corrected chi connectivity index (χ1v) is 9.50. The monoisotopic (exact) mass is 374 g/mol. The average molecular weight is 374 g/mol. The van der Waals surface area contributed by atoms with Crippen molar-refractivity contribution < 1.29 is 19.4 Å². The molecule has 1 aliphatic heterocycles. The van der Waals surface area contributed by atoms with Gasteiger partial charge in [-0.3, -0.25) is 9.59 Å². The van der Waals surface area contributed by atoms with E-state index in [-0.39, 0.29) is 23.6 Å². The lowest BCUT2D eigenvalue weighted by Crippen LogP contribution is -2.49. The molecule has 0 bridgehead atoms. The highest BCUT2D eigenvalue weighted by Gasteiger charge is 2.28. The first-order valence-electron chi connectivity index (χ1n) is 8.62. The summed E-state index contributed by atoms with van der Waals surface area (Å²) in [5.74, 6) is 0.583. The van der Waals surface area contributed by atoms with Gasteiger partial charge in [0.2, 0.25) is 0 Å². The Morgan fingerprint density at radius 3 is 2.54 bits per heavy atom. The number of hydrogen-bond acceptors (Lipinski definition) is 5. The van der Waals surface area contributed by atoms with E-state index in [0.717, 1.165) is 12.8 Å². The summed E-state index contributed by atoms with van der Waals surface area (Å²) in [6.07, 6.45) is 0.862. The Bertz CT molecular complexity index is 737. The van der Waals surface area contributed by atoms with Gasteiger partial charge < -0.3 is 20.1 Å². The third-order valence-electron chi connectivity index (χ3n) is 4.38. The van der Waals surface area contributed by atoms with Crippen LogP contribution < -0.4 is 10.1 Å². The zero-order valence-electron chi connectivity index (χ0n) is 14.6. The van der Waals surface area contributed by atoms with Gasteiger partial charge in [-0.1, -0.05) is 6.07 Å².